The number of aromatic nitrogens is 2. The van der Waals surface area contributed by atoms with Gasteiger partial charge in [-0.2, -0.15) is 5.10 Å². The van der Waals surface area contributed by atoms with Crippen molar-refractivity contribution >= 4 is 29.0 Å². The number of nitrogens with one attached hydrogen (secondary N) is 2. The van der Waals surface area contributed by atoms with Crippen LogP contribution in [0, 0.1) is 0 Å². The Bertz CT molecular complexity index is 974. The molecule has 7 nitrogen and oxygen atoms in total. The van der Waals surface area contributed by atoms with Gasteiger partial charge in [0.25, 0.3) is 0 Å². The molecule has 0 aliphatic heterocycles. The maximum Gasteiger partial charge on any atom is 0.323 e. The van der Waals surface area contributed by atoms with Crippen molar-refractivity contribution in [2.45, 2.75) is 20.4 Å². The maximum atomic E-state index is 12.1. The third-order valence-corrected chi connectivity index (χ3v) is 4.16. The van der Waals surface area contributed by atoms with E-state index >= 15 is 0 Å². The quantitative estimate of drug-likeness (QED) is 0.542. The summed E-state index contributed by atoms with van der Waals surface area (Å²) in [4.78, 5) is 12.1. The van der Waals surface area contributed by atoms with E-state index in [1.165, 1.54) is 0 Å². The standard InChI is InChI=1S/C21H23ClN4O3/c1-3-28-19-9-8-15(10-20(19)29-4-2)13-26-14-18(12-23-26)25-21(27)24-17-7-5-6-16(22)11-17/h5-12,14H,3-4,13H2,1-2H3,(H2,24,25,27). The van der Waals surface area contributed by atoms with Gasteiger partial charge in [0.2, 0.25) is 0 Å². The van der Waals surface area contributed by atoms with E-state index in [0.717, 1.165) is 11.3 Å². The first-order valence-electron chi connectivity index (χ1n) is 9.32. The van der Waals surface area contributed by atoms with Gasteiger partial charge in [-0.05, 0) is 49.7 Å². The Balaban J connectivity index is 1.62. The molecule has 0 radical (unpaired) electrons. The number of hydrogen-bond acceptors (Lipinski definition) is 4. The molecule has 2 amide bonds. The van der Waals surface area contributed by atoms with E-state index in [2.05, 4.69) is 15.7 Å². The van der Waals surface area contributed by atoms with Crippen LogP contribution in [-0.4, -0.2) is 29.0 Å². The summed E-state index contributed by atoms with van der Waals surface area (Å²) in [6.07, 6.45) is 3.35. The largest absolute Gasteiger partial charge is 0.490 e. The number of nitrogens with zero attached hydrogens (tertiary/aromatic N) is 2. The molecule has 3 rings (SSSR count). The van der Waals surface area contributed by atoms with Gasteiger partial charge in [-0.1, -0.05) is 23.7 Å². The number of ether oxygens (including phenoxy) is 2. The third-order valence-electron chi connectivity index (χ3n) is 3.93. The van der Waals surface area contributed by atoms with Gasteiger partial charge < -0.3 is 20.1 Å². The van der Waals surface area contributed by atoms with Gasteiger partial charge in [-0.25, -0.2) is 4.79 Å². The number of carbonyl (C=O) groups is 1. The van der Waals surface area contributed by atoms with Crippen molar-refractivity contribution in [2.24, 2.45) is 0 Å². The Labute approximate surface area is 174 Å². The van der Waals surface area contributed by atoms with Crippen LogP contribution in [0.4, 0.5) is 16.2 Å². The first kappa shape index (κ1) is 20.5. The third kappa shape index (κ3) is 5.89. The second kappa shape index (κ2) is 9.84. The predicted molar refractivity (Wildman–Crippen MR) is 114 cm³/mol. The van der Waals surface area contributed by atoms with Crippen LogP contribution in [-0.2, 0) is 6.54 Å². The lowest BCUT2D eigenvalue weighted by molar-refractivity contribution is 0.262. The lowest BCUT2D eigenvalue weighted by Gasteiger charge is -2.12. The number of carbonyl (C=O) groups excluding carboxylic acids is 1. The molecule has 0 aliphatic rings. The van der Waals surface area contributed by atoms with E-state index in [-0.39, 0.29) is 6.03 Å². The molecule has 0 spiro atoms. The van der Waals surface area contributed by atoms with E-state index in [1.807, 2.05) is 32.0 Å². The highest BCUT2D eigenvalue weighted by Gasteiger charge is 2.09. The summed E-state index contributed by atoms with van der Waals surface area (Å²) in [6, 6.07) is 12.4. The zero-order chi connectivity index (χ0) is 20.6. The zero-order valence-electron chi connectivity index (χ0n) is 16.3. The number of benzene rings is 2. The van der Waals surface area contributed by atoms with Crippen LogP contribution in [0.5, 0.6) is 11.5 Å². The number of urea groups is 1. The van der Waals surface area contributed by atoms with Gasteiger partial charge in [0.1, 0.15) is 0 Å². The Morgan fingerprint density at radius 1 is 1.03 bits per heavy atom. The highest BCUT2D eigenvalue weighted by atomic mass is 35.5. The van der Waals surface area contributed by atoms with Gasteiger partial charge in [0.05, 0.1) is 31.6 Å². The van der Waals surface area contributed by atoms with Crippen LogP contribution < -0.4 is 20.1 Å². The lowest BCUT2D eigenvalue weighted by Crippen LogP contribution is -2.19. The summed E-state index contributed by atoms with van der Waals surface area (Å²) in [5.74, 6) is 1.43. The predicted octanol–water partition coefficient (Wildman–Crippen LogP) is 5.03. The monoisotopic (exact) mass is 414 g/mol. The van der Waals surface area contributed by atoms with Crippen molar-refractivity contribution in [3.05, 3.63) is 65.4 Å². The molecule has 0 fully saturated rings. The average molecular weight is 415 g/mol. The molecule has 0 saturated heterocycles. The van der Waals surface area contributed by atoms with E-state index < -0.39 is 0 Å². The minimum atomic E-state index is -0.369. The van der Waals surface area contributed by atoms with E-state index in [9.17, 15) is 4.79 Å². The first-order chi connectivity index (χ1) is 14.1. The van der Waals surface area contributed by atoms with Crippen molar-refractivity contribution < 1.29 is 14.3 Å². The van der Waals surface area contributed by atoms with Crippen LogP contribution in [0.1, 0.15) is 19.4 Å². The summed E-state index contributed by atoms with van der Waals surface area (Å²) in [7, 11) is 0. The summed E-state index contributed by atoms with van der Waals surface area (Å²) in [6.45, 7) is 5.53. The summed E-state index contributed by atoms with van der Waals surface area (Å²) in [5.41, 5.74) is 2.20. The highest BCUT2D eigenvalue weighted by molar-refractivity contribution is 6.30. The van der Waals surface area contributed by atoms with Crippen LogP contribution in [0.25, 0.3) is 0 Å². The van der Waals surface area contributed by atoms with Gasteiger partial charge in [0, 0.05) is 16.9 Å². The Kier molecular flexibility index (Phi) is 6.97. The molecule has 2 N–H and O–H groups in total. The smallest absolute Gasteiger partial charge is 0.323 e. The molecule has 0 atom stereocenters. The molecule has 0 unspecified atom stereocenters. The molecular weight excluding hydrogens is 392 g/mol. The number of anilines is 2. The summed E-state index contributed by atoms with van der Waals surface area (Å²) < 4.78 is 13.0. The van der Waals surface area contributed by atoms with Crippen molar-refractivity contribution in [1.29, 1.82) is 0 Å². The number of rotatable bonds is 8. The average Bonchev–Trinajstić information content (AvgIpc) is 3.11. The van der Waals surface area contributed by atoms with E-state index in [4.69, 9.17) is 21.1 Å². The Hall–Kier alpha value is -3.19. The molecule has 1 aromatic heterocycles. The second-order valence-electron chi connectivity index (χ2n) is 6.16. The number of halogens is 1. The van der Waals surface area contributed by atoms with Crippen molar-refractivity contribution in [3.8, 4) is 11.5 Å². The Morgan fingerprint density at radius 3 is 2.55 bits per heavy atom. The number of amides is 2. The minimum absolute atomic E-state index is 0.369. The van der Waals surface area contributed by atoms with Crippen molar-refractivity contribution in [2.75, 3.05) is 23.8 Å². The maximum absolute atomic E-state index is 12.1. The van der Waals surface area contributed by atoms with Crippen LogP contribution in [0.3, 0.4) is 0 Å². The molecule has 1 heterocycles. The van der Waals surface area contributed by atoms with Gasteiger partial charge in [-0.3, -0.25) is 4.68 Å². The Morgan fingerprint density at radius 2 is 1.79 bits per heavy atom. The molecular formula is C21H23ClN4O3. The fourth-order valence-electron chi connectivity index (χ4n) is 2.76. The van der Waals surface area contributed by atoms with Gasteiger partial charge in [-0.15, -0.1) is 0 Å². The van der Waals surface area contributed by atoms with Crippen molar-refractivity contribution in [3.63, 3.8) is 0 Å². The van der Waals surface area contributed by atoms with E-state index in [1.54, 1.807) is 41.3 Å². The summed E-state index contributed by atoms with van der Waals surface area (Å²) >= 11 is 5.93. The molecule has 0 aliphatic carbocycles. The van der Waals surface area contributed by atoms with Gasteiger partial charge in [0.15, 0.2) is 11.5 Å². The topological polar surface area (TPSA) is 77.4 Å². The normalized spacial score (nSPS) is 10.4. The molecule has 0 bridgehead atoms. The first-order valence-corrected chi connectivity index (χ1v) is 9.69. The molecule has 2 aromatic carbocycles. The fourth-order valence-corrected chi connectivity index (χ4v) is 2.95. The minimum Gasteiger partial charge on any atom is -0.490 e. The van der Waals surface area contributed by atoms with Crippen molar-refractivity contribution in [1.82, 2.24) is 9.78 Å². The fraction of sp³-hybridized carbons (Fsp3) is 0.238. The SMILES string of the molecule is CCOc1ccc(Cn2cc(NC(=O)Nc3cccc(Cl)c3)cn2)cc1OCC. The van der Waals surface area contributed by atoms with Crippen LogP contribution in [0.15, 0.2) is 54.9 Å². The highest BCUT2D eigenvalue weighted by Crippen LogP contribution is 2.29. The second-order valence-corrected chi connectivity index (χ2v) is 6.60. The summed E-state index contributed by atoms with van der Waals surface area (Å²) in [5, 5.41) is 10.3. The molecule has 0 saturated carbocycles. The number of hydrogen-bond donors (Lipinski definition) is 2. The molecule has 8 heteroatoms. The van der Waals surface area contributed by atoms with Crippen LogP contribution >= 0.6 is 11.6 Å². The van der Waals surface area contributed by atoms with Gasteiger partial charge >= 0.3 is 6.03 Å². The molecule has 29 heavy (non-hydrogen) atoms. The van der Waals surface area contributed by atoms with Crippen LogP contribution in [0.2, 0.25) is 5.02 Å². The zero-order valence-corrected chi connectivity index (χ0v) is 17.1. The van der Waals surface area contributed by atoms with E-state index in [0.29, 0.717) is 41.9 Å². The lowest BCUT2D eigenvalue weighted by atomic mass is 10.2. The molecule has 152 valence electrons. The molecule has 3 aromatic rings.